The van der Waals surface area contributed by atoms with Crippen LogP contribution in [-0.4, -0.2) is 36.0 Å². The molecule has 1 amide bonds. The van der Waals surface area contributed by atoms with Crippen molar-refractivity contribution in [2.45, 2.75) is 65.0 Å². The summed E-state index contributed by atoms with van der Waals surface area (Å²) in [7, 11) is 0. The molecule has 2 rings (SSSR count). The highest BCUT2D eigenvalue weighted by Gasteiger charge is 2.36. The summed E-state index contributed by atoms with van der Waals surface area (Å²) in [4.78, 5) is 14.7. The van der Waals surface area contributed by atoms with Crippen molar-refractivity contribution in [2.75, 3.05) is 13.1 Å². The van der Waals surface area contributed by atoms with Gasteiger partial charge in [0.2, 0.25) is 5.91 Å². The molecule has 0 radical (unpaired) electrons. The van der Waals surface area contributed by atoms with E-state index in [9.17, 15) is 4.79 Å². The molecule has 104 valence electrons. The molecule has 2 unspecified atom stereocenters. The van der Waals surface area contributed by atoms with E-state index in [0.717, 1.165) is 13.1 Å². The van der Waals surface area contributed by atoms with Crippen LogP contribution in [-0.2, 0) is 4.79 Å². The standard InChI is InChI=1S/C15H28N2O/c1-11(2)12(3)15(18)17(14-7-8-14)10-13-6-4-5-9-16-13/h11-14,16H,4-10H2,1-3H3. The number of rotatable bonds is 5. The largest absolute Gasteiger partial charge is 0.338 e. The molecular weight excluding hydrogens is 224 g/mol. The zero-order valence-corrected chi connectivity index (χ0v) is 12.1. The molecule has 0 aromatic rings. The SMILES string of the molecule is CC(C)C(C)C(=O)N(CC1CCCCN1)C1CC1. The summed E-state index contributed by atoms with van der Waals surface area (Å²) in [6, 6.07) is 1.07. The Hall–Kier alpha value is -0.570. The van der Waals surface area contributed by atoms with Gasteiger partial charge in [0.25, 0.3) is 0 Å². The van der Waals surface area contributed by atoms with Crippen LogP contribution < -0.4 is 5.32 Å². The summed E-state index contributed by atoms with van der Waals surface area (Å²) in [6.07, 6.45) is 6.25. The van der Waals surface area contributed by atoms with Crippen LogP contribution in [0.4, 0.5) is 0 Å². The number of nitrogens with one attached hydrogen (secondary N) is 1. The Labute approximate surface area is 111 Å². The number of nitrogens with zero attached hydrogens (tertiary/aromatic N) is 1. The molecule has 2 fully saturated rings. The molecule has 3 heteroatoms. The van der Waals surface area contributed by atoms with Crippen LogP contribution in [0.1, 0.15) is 52.9 Å². The van der Waals surface area contributed by atoms with E-state index in [-0.39, 0.29) is 5.92 Å². The highest BCUT2D eigenvalue weighted by atomic mass is 16.2. The predicted octanol–water partition coefficient (Wildman–Crippen LogP) is 2.41. The molecule has 1 heterocycles. The third-order valence-corrected chi connectivity index (χ3v) is 4.49. The maximum atomic E-state index is 12.5. The zero-order valence-electron chi connectivity index (χ0n) is 12.1. The quantitative estimate of drug-likeness (QED) is 0.815. The van der Waals surface area contributed by atoms with Gasteiger partial charge in [0.1, 0.15) is 0 Å². The lowest BCUT2D eigenvalue weighted by Gasteiger charge is -2.33. The normalized spacial score (nSPS) is 26.1. The maximum absolute atomic E-state index is 12.5. The first-order chi connectivity index (χ1) is 8.59. The van der Waals surface area contributed by atoms with Crippen molar-refractivity contribution in [1.82, 2.24) is 10.2 Å². The fourth-order valence-electron chi connectivity index (χ4n) is 2.67. The number of hydrogen-bond acceptors (Lipinski definition) is 2. The van der Waals surface area contributed by atoms with Gasteiger partial charge in [-0.3, -0.25) is 4.79 Å². The predicted molar refractivity (Wildman–Crippen MR) is 74.4 cm³/mol. The van der Waals surface area contributed by atoms with E-state index >= 15 is 0 Å². The first-order valence-electron chi connectivity index (χ1n) is 7.63. The number of hydrogen-bond donors (Lipinski definition) is 1. The fourth-order valence-corrected chi connectivity index (χ4v) is 2.67. The van der Waals surface area contributed by atoms with E-state index in [2.05, 4.69) is 31.0 Å². The molecule has 1 aliphatic heterocycles. The van der Waals surface area contributed by atoms with E-state index in [1.54, 1.807) is 0 Å². The van der Waals surface area contributed by atoms with Gasteiger partial charge in [0.15, 0.2) is 0 Å². The molecule has 0 spiro atoms. The van der Waals surface area contributed by atoms with Gasteiger partial charge >= 0.3 is 0 Å². The Morgan fingerprint density at radius 1 is 1.22 bits per heavy atom. The molecular formula is C15H28N2O. The minimum absolute atomic E-state index is 0.161. The average molecular weight is 252 g/mol. The van der Waals surface area contributed by atoms with Crippen molar-refractivity contribution < 1.29 is 4.79 Å². The lowest BCUT2D eigenvalue weighted by atomic mass is 9.95. The topological polar surface area (TPSA) is 32.3 Å². The van der Waals surface area contributed by atoms with Crippen molar-refractivity contribution >= 4 is 5.91 Å². The Balaban J connectivity index is 1.92. The molecule has 0 aromatic heterocycles. The summed E-state index contributed by atoms with van der Waals surface area (Å²) in [6.45, 7) is 8.42. The molecule has 18 heavy (non-hydrogen) atoms. The minimum atomic E-state index is 0.161. The van der Waals surface area contributed by atoms with Gasteiger partial charge in [-0.05, 0) is 38.1 Å². The number of carbonyl (C=O) groups is 1. The first-order valence-corrected chi connectivity index (χ1v) is 7.63. The van der Waals surface area contributed by atoms with Crippen molar-refractivity contribution in [3.05, 3.63) is 0 Å². The molecule has 0 bridgehead atoms. The summed E-state index contributed by atoms with van der Waals surface area (Å²) >= 11 is 0. The Morgan fingerprint density at radius 3 is 2.44 bits per heavy atom. The van der Waals surface area contributed by atoms with Gasteiger partial charge < -0.3 is 10.2 Å². The Morgan fingerprint density at radius 2 is 1.94 bits per heavy atom. The van der Waals surface area contributed by atoms with E-state index in [4.69, 9.17) is 0 Å². The average Bonchev–Trinajstić information content (AvgIpc) is 3.19. The van der Waals surface area contributed by atoms with Crippen LogP contribution in [0.3, 0.4) is 0 Å². The number of amides is 1. The van der Waals surface area contributed by atoms with Crippen molar-refractivity contribution in [3.63, 3.8) is 0 Å². The van der Waals surface area contributed by atoms with Crippen LogP contribution in [0.15, 0.2) is 0 Å². The highest BCUT2D eigenvalue weighted by molar-refractivity contribution is 5.79. The minimum Gasteiger partial charge on any atom is -0.338 e. The second kappa shape index (κ2) is 6.05. The first kappa shape index (κ1) is 13.9. The van der Waals surface area contributed by atoms with E-state index in [1.807, 2.05) is 0 Å². The van der Waals surface area contributed by atoms with Gasteiger partial charge in [-0.2, -0.15) is 0 Å². The lowest BCUT2D eigenvalue weighted by Crippen LogP contribution is -2.48. The molecule has 1 aliphatic carbocycles. The van der Waals surface area contributed by atoms with Crippen LogP contribution in [0.5, 0.6) is 0 Å². The third kappa shape index (κ3) is 3.47. The second-order valence-corrected chi connectivity index (χ2v) is 6.40. The van der Waals surface area contributed by atoms with E-state index < -0.39 is 0 Å². The lowest BCUT2D eigenvalue weighted by molar-refractivity contribution is -0.137. The molecule has 2 aliphatic rings. The highest BCUT2D eigenvalue weighted by Crippen LogP contribution is 2.30. The monoisotopic (exact) mass is 252 g/mol. The van der Waals surface area contributed by atoms with Crippen LogP contribution in [0.25, 0.3) is 0 Å². The fraction of sp³-hybridized carbons (Fsp3) is 0.933. The molecule has 1 saturated carbocycles. The number of carbonyl (C=O) groups excluding carboxylic acids is 1. The molecule has 3 nitrogen and oxygen atoms in total. The zero-order chi connectivity index (χ0) is 13.1. The molecule has 0 aromatic carbocycles. The summed E-state index contributed by atoms with van der Waals surface area (Å²) in [5, 5.41) is 3.56. The summed E-state index contributed by atoms with van der Waals surface area (Å²) in [5.74, 6) is 0.979. The van der Waals surface area contributed by atoms with Crippen LogP contribution in [0, 0.1) is 11.8 Å². The van der Waals surface area contributed by atoms with Crippen LogP contribution in [0.2, 0.25) is 0 Å². The van der Waals surface area contributed by atoms with Gasteiger partial charge in [0.05, 0.1) is 0 Å². The van der Waals surface area contributed by atoms with Crippen LogP contribution >= 0.6 is 0 Å². The van der Waals surface area contributed by atoms with E-state index in [0.29, 0.717) is 23.9 Å². The number of piperidine rings is 1. The summed E-state index contributed by atoms with van der Waals surface area (Å²) in [5.41, 5.74) is 0. The maximum Gasteiger partial charge on any atom is 0.225 e. The van der Waals surface area contributed by atoms with Crippen molar-refractivity contribution in [2.24, 2.45) is 11.8 Å². The molecule has 1 N–H and O–H groups in total. The van der Waals surface area contributed by atoms with E-state index in [1.165, 1.54) is 32.1 Å². The molecule has 2 atom stereocenters. The van der Waals surface area contributed by atoms with Crippen molar-refractivity contribution in [1.29, 1.82) is 0 Å². The van der Waals surface area contributed by atoms with Gasteiger partial charge in [0, 0.05) is 24.5 Å². The summed E-state index contributed by atoms with van der Waals surface area (Å²) < 4.78 is 0. The second-order valence-electron chi connectivity index (χ2n) is 6.40. The smallest absolute Gasteiger partial charge is 0.225 e. The molecule has 1 saturated heterocycles. The Bertz CT molecular complexity index is 280. The van der Waals surface area contributed by atoms with Gasteiger partial charge in [-0.25, -0.2) is 0 Å². The Kier molecular flexibility index (Phi) is 4.66. The third-order valence-electron chi connectivity index (χ3n) is 4.49. The van der Waals surface area contributed by atoms with Gasteiger partial charge in [-0.15, -0.1) is 0 Å². The van der Waals surface area contributed by atoms with Crippen molar-refractivity contribution in [3.8, 4) is 0 Å². The van der Waals surface area contributed by atoms with Gasteiger partial charge in [-0.1, -0.05) is 27.2 Å².